The molecule has 1 aromatic heterocycles. The van der Waals surface area contributed by atoms with E-state index < -0.39 is 0 Å². The largest absolute Gasteiger partial charge is 0.439 e. The van der Waals surface area contributed by atoms with E-state index in [9.17, 15) is 0 Å². The molecule has 0 spiro atoms. The predicted molar refractivity (Wildman–Crippen MR) is 84.8 cm³/mol. The molecule has 6 heteroatoms. The van der Waals surface area contributed by atoms with Crippen molar-refractivity contribution in [2.75, 3.05) is 24.4 Å². The molecule has 0 saturated carbocycles. The molecule has 2 aromatic rings. The van der Waals surface area contributed by atoms with Crippen molar-refractivity contribution in [3.63, 3.8) is 0 Å². The standard InChI is InChI=1S/C15H21N5O/c1-10(2)15-17-13(19-16)9-14(18-15)21-12-7-5-6-11(8-12)20(3)4/h5-10H,16H2,1-4H3,(H,17,18,19). The minimum Gasteiger partial charge on any atom is -0.439 e. The molecule has 0 aliphatic heterocycles. The molecule has 6 nitrogen and oxygen atoms in total. The maximum atomic E-state index is 5.83. The van der Waals surface area contributed by atoms with Gasteiger partial charge in [0.05, 0.1) is 0 Å². The topological polar surface area (TPSA) is 76.3 Å². The molecule has 21 heavy (non-hydrogen) atoms. The zero-order chi connectivity index (χ0) is 15.4. The van der Waals surface area contributed by atoms with E-state index in [4.69, 9.17) is 10.6 Å². The van der Waals surface area contributed by atoms with Gasteiger partial charge in [0.25, 0.3) is 0 Å². The lowest BCUT2D eigenvalue weighted by molar-refractivity contribution is 0.457. The van der Waals surface area contributed by atoms with Gasteiger partial charge in [-0.1, -0.05) is 19.9 Å². The Morgan fingerprint density at radius 2 is 1.95 bits per heavy atom. The van der Waals surface area contributed by atoms with Gasteiger partial charge in [0.2, 0.25) is 5.88 Å². The van der Waals surface area contributed by atoms with Crippen molar-refractivity contribution in [2.45, 2.75) is 19.8 Å². The highest BCUT2D eigenvalue weighted by Crippen LogP contribution is 2.26. The van der Waals surface area contributed by atoms with E-state index in [1.54, 1.807) is 6.07 Å². The van der Waals surface area contributed by atoms with Crippen molar-refractivity contribution in [2.24, 2.45) is 5.84 Å². The summed E-state index contributed by atoms with van der Waals surface area (Å²) in [6, 6.07) is 9.47. The Bertz CT molecular complexity index is 613. The zero-order valence-electron chi connectivity index (χ0n) is 12.8. The van der Waals surface area contributed by atoms with E-state index in [-0.39, 0.29) is 5.92 Å². The minimum atomic E-state index is 0.189. The van der Waals surface area contributed by atoms with Crippen molar-refractivity contribution < 1.29 is 4.74 Å². The Morgan fingerprint density at radius 1 is 1.19 bits per heavy atom. The lowest BCUT2D eigenvalue weighted by Gasteiger charge is -2.14. The van der Waals surface area contributed by atoms with Gasteiger partial charge in [0.1, 0.15) is 17.4 Å². The summed E-state index contributed by atoms with van der Waals surface area (Å²) >= 11 is 0. The van der Waals surface area contributed by atoms with Crippen LogP contribution in [0.15, 0.2) is 30.3 Å². The number of anilines is 2. The number of aromatic nitrogens is 2. The van der Waals surface area contributed by atoms with Crippen LogP contribution in [0.25, 0.3) is 0 Å². The molecule has 0 bridgehead atoms. The Balaban J connectivity index is 2.30. The molecular formula is C15H21N5O. The fourth-order valence-electron chi connectivity index (χ4n) is 1.77. The Hall–Kier alpha value is -2.34. The van der Waals surface area contributed by atoms with Crippen molar-refractivity contribution in [1.82, 2.24) is 9.97 Å². The van der Waals surface area contributed by atoms with Gasteiger partial charge < -0.3 is 15.1 Å². The summed E-state index contributed by atoms with van der Waals surface area (Å²) in [5.41, 5.74) is 3.60. The number of nitrogen functional groups attached to an aromatic ring is 1. The molecule has 1 aromatic carbocycles. The van der Waals surface area contributed by atoms with Gasteiger partial charge in [-0.2, -0.15) is 4.98 Å². The molecule has 3 N–H and O–H groups in total. The van der Waals surface area contributed by atoms with Gasteiger partial charge in [-0.3, -0.25) is 0 Å². The molecule has 0 unspecified atom stereocenters. The molecule has 0 aliphatic rings. The monoisotopic (exact) mass is 287 g/mol. The third kappa shape index (κ3) is 3.82. The van der Waals surface area contributed by atoms with E-state index in [0.717, 1.165) is 11.4 Å². The number of rotatable bonds is 5. The van der Waals surface area contributed by atoms with Gasteiger partial charge in [-0.25, -0.2) is 10.8 Å². The number of nitrogens with one attached hydrogen (secondary N) is 1. The number of nitrogens with two attached hydrogens (primary N) is 1. The highest BCUT2D eigenvalue weighted by atomic mass is 16.5. The first-order chi connectivity index (χ1) is 9.99. The van der Waals surface area contributed by atoms with E-state index in [2.05, 4.69) is 15.4 Å². The van der Waals surface area contributed by atoms with Crippen molar-refractivity contribution in [3.05, 3.63) is 36.2 Å². The smallest absolute Gasteiger partial charge is 0.224 e. The number of hydrogen-bond acceptors (Lipinski definition) is 6. The molecule has 1 heterocycles. The summed E-state index contributed by atoms with van der Waals surface area (Å²) < 4.78 is 5.83. The highest BCUT2D eigenvalue weighted by molar-refractivity contribution is 5.50. The molecule has 0 amide bonds. The SMILES string of the molecule is CC(C)c1nc(NN)cc(Oc2cccc(N(C)C)c2)n1. The van der Waals surface area contributed by atoms with Crippen LogP contribution in [0.3, 0.4) is 0 Å². The molecule has 2 rings (SSSR count). The fraction of sp³-hybridized carbons (Fsp3) is 0.333. The molecule has 0 fully saturated rings. The van der Waals surface area contributed by atoms with Crippen LogP contribution >= 0.6 is 0 Å². The summed E-state index contributed by atoms with van der Waals surface area (Å²) in [6.07, 6.45) is 0. The lowest BCUT2D eigenvalue weighted by Crippen LogP contribution is -2.11. The van der Waals surface area contributed by atoms with Crippen LogP contribution in [0.1, 0.15) is 25.6 Å². The summed E-state index contributed by atoms with van der Waals surface area (Å²) in [5, 5.41) is 0. The van der Waals surface area contributed by atoms with Gasteiger partial charge in [-0.15, -0.1) is 0 Å². The quantitative estimate of drug-likeness (QED) is 0.650. The zero-order valence-corrected chi connectivity index (χ0v) is 12.8. The Labute approximate surface area is 124 Å². The van der Waals surface area contributed by atoms with E-state index in [1.165, 1.54) is 0 Å². The Kier molecular flexibility index (Phi) is 4.59. The first-order valence-corrected chi connectivity index (χ1v) is 6.80. The number of ether oxygens (including phenoxy) is 1. The van der Waals surface area contributed by atoms with Crippen LogP contribution in [-0.2, 0) is 0 Å². The molecule has 0 saturated heterocycles. The van der Waals surface area contributed by atoms with Crippen LogP contribution in [0.4, 0.5) is 11.5 Å². The third-order valence-corrected chi connectivity index (χ3v) is 2.94. The number of hydrogen-bond donors (Lipinski definition) is 2. The minimum absolute atomic E-state index is 0.189. The van der Waals surface area contributed by atoms with Crippen LogP contribution in [0, 0.1) is 0 Å². The molecule has 0 radical (unpaired) electrons. The maximum Gasteiger partial charge on any atom is 0.224 e. The molecule has 112 valence electrons. The van der Waals surface area contributed by atoms with Gasteiger partial charge in [0, 0.05) is 37.8 Å². The summed E-state index contributed by atoms with van der Waals surface area (Å²) in [5.74, 6) is 8.04. The average molecular weight is 287 g/mol. The molecular weight excluding hydrogens is 266 g/mol. The van der Waals surface area contributed by atoms with Gasteiger partial charge >= 0.3 is 0 Å². The third-order valence-electron chi connectivity index (χ3n) is 2.94. The summed E-state index contributed by atoms with van der Waals surface area (Å²) in [4.78, 5) is 10.7. The van der Waals surface area contributed by atoms with Crippen molar-refractivity contribution >= 4 is 11.5 Å². The van der Waals surface area contributed by atoms with Gasteiger partial charge in [-0.05, 0) is 12.1 Å². The van der Waals surface area contributed by atoms with Crippen LogP contribution < -0.4 is 20.9 Å². The van der Waals surface area contributed by atoms with Crippen LogP contribution in [0.5, 0.6) is 11.6 Å². The van der Waals surface area contributed by atoms with Crippen LogP contribution in [-0.4, -0.2) is 24.1 Å². The summed E-state index contributed by atoms with van der Waals surface area (Å²) in [6.45, 7) is 4.04. The van der Waals surface area contributed by atoms with Crippen LogP contribution in [0.2, 0.25) is 0 Å². The van der Waals surface area contributed by atoms with Crippen molar-refractivity contribution in [3.8, 4) is 11.6 Å². The van der Waals surface area contributed by atoms with E-state index in [0.29, 0.717) is 17.5 Å². The predicted octanol–water partition coefficient (Wildman–Crippen LogP) is 2.74. The van der Waals surface area contributed by atoms with E-state index >= 15 is 0 Å². The number of benzene rings is 1. The normalized spacial score (nSPS) is 10.6. The molecule has 0 atom stereocenters. The van der Waals surface area contributed by atoms with E-state index in [1.807, 2.05) is 57.1 Å². The maximum absolute atomic E-state index is 5.83. The van der Waals surface area contributed by atoms with Crippen molar-refractivity contribution in [1.29, 1.82) is 0 Å². The molecule has 0 aliphatic carbocycles. The Morgan fingerprint density at radius 3 is 2.57 bits per heavy atom. The number of hydrazine groups is 1. The summed E-state index contributed by atoms with van der Waals surface area (Å²) in [7, 11) is 3.97. The second-order valence-corrected chi connectivity index (χ2v) is 5.24. The first kappa shape index (κ1) is 15.1. The fourth-order valence-corrected chi connectivity index (χ4v) is 1.77. The number of nitrogens with zero attached hydrogens (tertiary/aromatic N) is 3. The average Bonchev–Trinajstić information content (AvgIpc) is 2.47. The second kappa shape index (κ2) is 6.41. The lowest BCUT2D eigenvalue weighted by atomic mass is 10.2. The first-order valence-electron chi connectivity index (χ1n) is 6.80. The highest BCUT2D eigenvalue weighted by Gasteiger charge is 2.09. The van der Waals surface area contributed by atoms with Gasteiger partial charge in [0.15, 0.2) is 0 Å². The second-order valence-electron chi connectivity index (χ2n) is 5.24.